The number of hydrogen-bond acceptors (Lipinski definition) is 0. The fourth-order valence-electron chi connectivity index (χ4n) is 4.62. The molecule has 0 N–H and O–H groups in total. The fraction of sp³-hybridized carbons (Fsp3) is 0.846. The standard InChI is InChI=1S/C13H20.Li.H/c1-2-3-13-11-5-9-4-10(7-11)8-12(13)6-9;;/h2,9-13H,1,3-8H2;;. The van der Waals surface area contributed by atoms with Crippen LogP contribution in [0.4, 0.5) is 0 Å². The van der Waals surface area contributed by atoms with Gasteiger partial charge < -0.3 is 0 Å². The van der Waals surface area contributed by atoms with Gasteiger partial charge in [0.15, 0.2) is 0 Å². The monoisotopic (exact) mass is 184 g/mol. The van der Waals surface area contributed by atoms with Crippen LogP contribution in [0.1, 0.15) is 38.5 Å². The number of rotatable bonds is 2. The van der Waals surface area contributed by atoms with E-state index in [0.29, 0.717) is 0 Å². The molecule has 4 aliphatic rings. The van der Waals surface area contributed by atoms with Gasteiger partial charge in [-0.2, -0.15) is 0 Å². The molecular formula is C13H21Li. The molecular weight excluding hydrogens is 163 g/mol. The summed E-state index contributed by atoms with van der Waals surface area (Å²) < 4.78 is 0. The van der Waals surface area contributed by atoms with Crippen molar-refractivity contribution in [1.82, 2.24) is 0 Å². The molecule has 0 amide bonds. The van der Waals surface area contributed by atoms with Gasteiger partial charge in [0, 0.05) is 0 Å². The van der Waals surface area contributed by atoms with E-state index >= 15 is 0 Å². The van der Waals surface area contributed by atoms with Crippen molar-refractivity contribution < 1.29 is 0 Å². The van der Waals surface area contributed by atoms with Crippen molar-refractivity contribution in [2.75, 3.05) is 0 Å². The van der Waals surface area contributed by atoms with Gasteiger partial charge in [-0.1, -0.05) is 6.08 Å². The van der Waals surface area contributed by atoms with Crippen LogP contribution in [0.15, 0.2) is 12.7 Å². The minimum absolute atomic E-state index is 0. The molecule has 0 unspecified atom stereocenters. The molecule has 1 heteroatoms. The Labute approximate surface area is 99.7 Å². The molecule has 0 nitrogen and oxygen atoms in total. The third kappa shape index (κ3) is 1.61. The summed E-state index contributed by atoms with van der Waals surface area (Å²) in [7, 11) is 0. The molecule has 0 aliphatic heterocycles. The van der Waals surface area contributed by atoms with E-state index < -0.39 is 0 Å². The Morgan fingerprint density at radius 3 is 1.86 bits per heavy atom. The van der Waals surface area contributed by atoms with Gasteiger partial charge in [0.25, 0.3) is 0 Å². The van der Waals surface area contributed by atoms with Crippen LogP contribution in [-0.4, -0.2) is 18.9 Å². The molecule has 0 aromatic heterocycles. The van der Waals surface area contributed by atoms with Crippen LogP contribution in [0.2, 0.25) is 0 Å². The summed E-state index contributed by atoms with van der Waals surface area (Å²) in [5.41, 5.74) is 0. The van der Waals surface area contributed by atoms with E-state index in [4.69, 9.17) is 0 Å². The van der Waals surface area contributed by atoms with Gasteiger partial charge in [0.1, 0.15) is 0 Å². The first-order chi connectivity index (χ1) is 6.36. The molecule has 0 heterocycles. The number of allylic oxidation sites excluding steroid dienone is 1. The summed E-state index contributed by atoms with van der Waals surface area (Å²) in [6.45, 7) is 3.91. The van der Waals surface area contributed by atoms with Gasteiger partial charge in [-0.25, -0.2) is 0 Å². The van der Waals surface area contributed by atoms with Crippen molar-refractivity contribution in [2.45, 2.75) is 38.5 Å². The maximum atomic E-state index is 3.91. The first-order valence-corrected chi connectivity index (χ1v) is 5.97. The van der Waals surface area contributed by atoms with Gasteiger partial charge >= 0.3 is 18.9 Å². The van der Waals surface area contributed by atoms with Crippen LogP contribution in [0, 0.1) is 29.6 Å². The summed E-state index contributed by atoms with van der Waals surface area (Å²) >= 11 is 0. The molecule has 4 rings (SSSR count). The second-order valence-electron chi connectivity index (χ2n) is 5.62. The Bertz CT molecular complexity index is 193. The van der Waals surface area contributed by atoms with Crippen LogP contribution in [0.25, 0.3) is 0 Å². The molecule has 0 radical (unpaired) electrons. The molecule has 4 bridgehead atoms. The third-order valence-corrected chi connectivity index (χ3v) is 4.86. The summed E-state index contributed by atoms with van der Waals surface area (Å²) in [5.74, 6) is 5.47. The van der Waals surface area contributed by atoms with Gasteiger partial charge in [0.2, 0.25) is 0 Å². The van der Waals surface area contributed by atoms with Crippen molar-refractivity contribution in [3.8, 4) is 0 Å². The normalized spacial score (nSPS) is 48.7. The Balaban J connectivity index is 0.000000750. The number of hydrogen-bond donors (Lipinski definition) is 0. The second-order valence-corrected chi connectivity index (χ2v) is 5.62. The van der Waals surface area contributed by atoms with Crippen LogP contribution >= 0.6 is 0 Å². The summed E-state index contributed by atoms with van der Waals surface area (Å²) in [6.07, 6.45) is 11.3. The quantitative estimate of drug-likeness (QED) is 0.457. The molecule has 0 aromatic carbocycles. The fourth-order valence-corrected chi connectivity index (χ4v) is 4.62. The van der Waals surface area contributed by atoms with Gasteiger partial charge in [-0.3, -0.25) is 0 Å². The Morgan fingerprint density at radius 1 is 0.929 bits per heavy atom. The molecule has 4 saturated carbocycles. The first kappa shape index (κ1) is 10.8. The van der Waals surface area contributed by atoms with Crippen molar-refractivity contribution >= 4 is 18.9 Å². The predicted octanol–water partition coefficient (Wildman–Crippen LogP) is 2.99. The Hall–Kier alpha value is 0.337. The summed E-state index contributed by atoms with van der Waals surface area (Å²) in [6, 6.07) is 0. The van der Waals surface area contributed by atoms with E-state index in [9.17, 15) is 0 Å². The van der Waals surface area contributed by atoms with Crippen LogP contribution in [-0.2, 0) is 0 Å². The maximum absolute atomic E-state index is 3.91. The van der Waals surface area contributed by atoms with Gasteiger partial charge in [0.05, 0.1) is 0 Å². The zero-order chi connectivity index (χ0) is 8.84. The predicted molar refractivity (Wildman–Crippen MR) is 62.5 cm³/mol. The zero-order valence-corrected chi connectivity index (χ0v) is 8.41. The summed E-state index contributed by atoms with van der Waals surface area (Å²) in [4.78, 5) is 0. The van der Waals surface area contributed by atoms with Gasteiger partial charge in [-0.05, 0) is 68.1 Å². The SMILES string of the molecule is C=CCC1C2CC3CC(C2)CC1C3.[LiH]. The van der Waals surface area contributed by atoms with Crippen LogP contribution in [0.3, 0.4) is 0 Å². The Kier molecular flexibility index (Phi) is 3.15. The van der Waals surface area contributed by atoms with E-state index in [1.165, 1.54) is 6.42 Å². The van der Waals surface area contributed by atoms with Crippen molar-refractivity contribution in [2.24, 2.45) is 29.6 Å². The Morgan fingerprint density at radius 2 is 1.43 bits per heavy atom. The molecule has 4 fully saturated rings. The van der Waals surface area contributed by atoms with E-state index in [1.807, 2.05) is 0 Å². The van der Waals surface area contributed by atoms with E-state index in [-0.39, 0.29) is 18.9 Å². The van der Waals surface area contributed by atoms with E-state index in [2.05, 4.69) is 12.7 Å². The average molecular weight is 184 g/mol. The molecule has 0 atom stereocenters. The average Bonchev–Trinajstić information content (AvgIpc) is 2.10. The minimum atomic E-state index is 0. The van der Waals surface area contributed by atoms with Gasteiger partial charge in [-0.15, -0.1) is 6.58 Å². The zero-order valence-electron chi connectivity index (χ0n) is 8.41. The van der Waals surface area contributed by atoms with Crippen molar-refractivity contribution in [3.63, 3.8) is 0 Å². The van der Waals surface area contributed by atoms with Crippen molar-refractivity contribution in [3.05, 3.63) is 12.7 Å². The topological polar surface area (TPSA) is 0 Å². The van der Waals surface area contributed by atoms with Crippen molar-refractivity contribution in [1.29, 1.82) is 0 Å². The third-order valence-electron chi connectivity index (χ3n) is 4.86. The van der Waals surface area contributed by atoms with Crippen LogP contribution < -0.4 is 0 Å². The first-order valence-electron chi connectivity index (χ1n) is 5.97. The van der Waals surface area contributed by atoms with E-state index in [1.54, 1.807) is 32.1 Å². The molecule has 0 aromatic rings. The summed E-state index contributed by atoms with van der Waals surface area (Å²) in [5, 5.41) is 0. The second kappa shape index (κ2) is 4.07. The molecule has 14 heavy (non-hydrogen) atoms. The van der Waals surface area contributed by atoms with Crippen LogP contribution in [0.5, 0.6) is 0 Å². The van der Waals surface area contributed by atoms with E-state index in [0.717, 1.165) is 29.6 Å². The molecule has 4 aliphatic carbocycles. The molecule has 0 saturated heterocycles. The molecule has 0 spiro atoms. The molecule has 74 valence electrons.